The molecule has 0 aromatic carbocycles. The van der Waals surface area contributed by atoms with E-state index in [9.17, 15) is 74.6 Å². The minimum absolute atomic E-state index is 3.95. The highest BCUT2D eigenvalue weighted by Gasteiger charge is 2.96. The highest BCUT2D eigenvalue weighted by Crippen LogP contribution is 2.66. The number of allylic oxidation sites excluding steroid dienone is 1. The molecule has 0 amide bonds. The molecule has 1 rings (SSSR count). The highest BCUT2D eigenvalue weighted by molar-refractivity contribution is 5.25. The SMILES string of the molecule is FC(=C(C(F)(F)F)C(F)(F)F)N1C(F)(F)C(F)(F)C(F)(F)C(F)(F)C1(F)F. The molecule has 0 aliphatic carbocycles. The minimum Gasteiger partial charge on any atom is -0.217 e. The molecule has 160 valence electrons. The van der Waals surface area contributed by atoms with E-state index < -0.39 is 58.6 Å². The molecule has 0 aromatic rings. The summed E-state index contributed by atoms with van der Waals surface area (Å²) in [5.74, 6) is -28.2. The van der Waals surface area contributed by atoms with Crippen LogP contribution in [0.3, 0.4) is 0 Å². The second-order valence-electron chi connectivity index (χ2n) is 4.80. The molecular weight excluding hydrogens is 445 g/mol. The van der Waals surface area contributed by atoms with Gasteiger partial charge >= 0.3 is 42.2 Å². The van der Waals surface area contributed by atoms with E-state index in [1.807, 2.05) is 0 Å². The van der Waals surface area contributed by atoms with Crippen molar-refractivity contribution < 1.29 is 74.6 Å². The number of halogens is 17. The van der Waals surface area contributed by atoms with Crippen LogP contribution < -0.4 is 0 Å². The van der Waals surface area contributed by atoms with Gasteiger partial charge in [-0.3, -0.25) is 0 Å². The molecule has 1 aliphatic heterocycles. The standard InChI is InChI=1S/C9F17N/c10-2(1(3(11,12)13)4(14,15)16)27-8(23,24)6(19,20)5(17,18)7(21,22)9(27,25)26. The molecule has 1 nitrogen and oxygen atoms in total. The Morgan fingerprint density at radius 2 is 0.778 bits per heavy atom. The second kappa shape index (κ2) is 5.45. The summed E-state index contributed by atoms with van der Waals surface area (Å²) in [6, 6.07) is -15.3. The molecule has 18 heteroatoms. The molecule has 1 aliphatic rings. The third-order valence-electron chi connectivity index (χ3n) is 3.08. The van der Waals surface area contributed by atoms with E-state index in [0.29, 0.717) is 0 Å². The lowest BCUT2D eigenvalue weighted by molar-refractivity contribution is -0.502. The molecule has 0 radical (unpaired) electrons. The Balaban J connectivity index is 4.03. The number of alkyl halides is 16. The predicted octanol–water partition coefficient (Wildman–Crippen LogP) is 5.70. The van der Waals surface area contributed by atoms with Crippen molar-refractivity contribution in [3.63, 3.8) is 0 Å². The van der Waals surface area contributed by atoms with Crippen molar-refractivity contribution >= 4 is 0 Å². The first-order chi connectivity index (χ1) is 11.4. The van der Waals surface area contributed by atoms with Crippen LogP contribution in [0.1, 0.15) is 0 Å². The zero-order valence-electron chi connectivity index (χ0n) is 11.4. The summed E-state index contributed by atoms with van der Waals surface area (Å²) in [6.07, 6.45) is -14.4. The zero-order chi connectivity index (χ0) is 22.2. The first-order valence-electron chi connectivity index (χ1n) is 5.63. The van der Waals surface area contributed by atoms with E-state index in [4.69, 9.17) is 0 Å². The fraction of sp³-hybridized carbons (Fsp3) is 0.778. The lowest BCUT2D eigenvalue weighted by atomic mass is 9.93. The van der Waals surface area contributed by atoms with E-state index in [0.717, 1.165) is 0 Å². The molecule has 0 N–H and O–H groups in total. The normalized spacial score (nSPS) is 25.9. The van der Waals surface area contributed by atoms with Gasteiger partial charge in [-0.25, -0.2) is 4.90 Å². The predicted molar refractivity (Wildman–Crippen MR) is 46.8 cm³/mol. The van der Waals surface area contributed by atoms with Crippen LogP contribution in [0.15, 0.2) is 11.5 Å². The summed E-state index contributed by atoms with van der Waals surface area (Å²) in [5, 5.41) is 0. The Hall–Kier alpha value is -1.65. The minimum atomic E-state index is -7.73. The van der Waals surface area contributed by atoms with Crippen LogP contribution in [0.5, 0.6) is 0 Å². The van der Waals surface area contributed by atoms with Crippen LogP contribution in [-0.2, 0) is 0 Å². The molecule has 0 bridgehead atoms. The smallest absolute Gasteiger partial charge is 0.217 e. The molecule has 1 saturated heterocycles. The molecule has 0 saturated carbocycles. The van der Waals surface area contributed by atoms with E-state index in [1.165, 1.54) is 0 Å². The van der Waals surface area contributed by atoms with Crippen LogP contribution in [0, 0.1) is 0 Å². The van der Waals surface area contributed by atoms with Crippen molar-refractivity contribution in [2.75, 3.05) is 0 Å². The lowest BCUT2D eigenvalue weighted by Crippen LogP contribution is -2.81. The van der Waals surface area contributed by atoms with Gasteiger partial charge in [0.2, 0.25) is 5.95 Å². The van der Waals surface area contributed by atoms with Crippen molar-refractivity contribution in [2.24, 2.45) is 0 Å². The molecule has 1 fully saturated rings. The number of nitrogens with zero attached hydrogens (tertiary/aromatic N) is 1. The maximum atomic E-state index is 13.4. The largest absolute Gasteiger partial charge is 0.425 e. The average molecular weight is 445 g/mol. The Bertz CT molecular complexity index is 588. The Morgan fingerprint density at radius 3 is 1.00 bits per heavy atom. The van der Waals surface area contributed by atoms with Crippen LogP contribution in [0.2, 0.25) is 0 Å². The number of likely N-dealkylation sites (tertiary alicyclic amines) is 1. The van der Waals surface area contributed by atoms with Crippen molar-refractivity contribution in [2.45, 2.75) is 42.2 Å². The summed E-state index contributed by atoms with van der Waals surface area (Å²) in [5.41, 5.74) is -4.97. The summed E-state index contributed by atoms with van der Waals surface area (Å²) in [6.45, 7) is 0. The average Bonchev–Trinajstić information content (AvgIpc) is 2.31. The van der Waals surface area contributed by atoms with Crippen LogP contribution in [0.25, 0.3) is 0 Å². The van der Waals surface area contributed by atoms with Gasteiger partial charge in [0, 0.05) is 0 Å². The molecule has 0 atom stereocenters. The van der Waals surface area contributed by atoms with Crippen LogP contribution >= 0.6 is 0 Å². The molecule has 1 heterocycles. The quantitative estimate of drug-likeness (QED) is 0.370. The van der Waals surface area contributed by atoms with Gasteiger partial charge in [0.25, 0.3) is 0 Å². The Labute approximate surface area is 135 Å². The van der Waals surface area contributed by atoms with Crippen molar-refractivity contribution in [3.8, 4) is 0 Å². The van der Waals surface area contributed by atoms with Crippen LogP contribution in [-0.4, -0.2) is 47.1 Å². The third-order valence-corrected chi connectivity index (χ3v) is 3.08. The van der Waals surface area contributed by atoms with Gasteiger partial charge in [-0.15, -0.1) is 0 Å². The number of rotatable bonds is 1. The molecule has 27 heavy (non-hydrogen) atoms. The molecule has 0 aromatic heterocycles. The maximum absolute atomic E-state index is 13.4. The van der Waals surface area contributed by atoms with Gasteiger partial charge in [-0.1, -0.05) is 0 Å². The number of hydrogen-bond donors (Lipinski definition) is 0. The lowest BCUT2D eigenvalue weighted by Gasteiger charge is -2.51. The van der Waals surface area contributed by atoms with Crippen molar-refractivity contribution in [3.05, 3.63) is 11.5 Å². The Morgan fingerprint density at radius 1 is 0.519 bits per heavy atom. The summed E-state index contributed by atoms with van der Waals surface area (Å²) >= 11 is 0. The van der Waals surface area contributed by atoms with Gasteiger partial charge in [0.15, 0.2) is 5.57 Å². The van der Waals surface area contributed by atoms with Gasteiger partial charge in [0.1, 0.15) is 0 Å². The van der Waals surface area contributed by atoms with Crippen molar-refractivity contribution in [1.82, 2.24) is 4.90 Å². The van der Waals surface area contributed by atoms with Gasteiger partial charge in [-0.05, 0) is 0 Å². The maximum Gasteiger partial charge on any atom is 0.425 e. The van der Waals surface area contributed by atoms with Crippen molar-refractivity contribution in [1.29, 1.82) is 0 Å². The van der Waals surface area contributed by atoms with E-state index in [2.05, 4.69) is 0 Å². The first-order valence-corrected chi connectivity index (χ1v) is 5.63. The second-order valence-corrected chi connectivity index (χ2v) is 4.80. The van der Waals surface area contributed by atoms with Gasteiger partial charge in [-0.2, -0.15) is 74.6 Å². The third kappa shape index (κ3) is 2.76. The van der Waals surface area contributed by atoms with E-state index in [-0.39, 0.29) is 0 Å². The first kappa shape index (κ1) is 23.4. The fourth-order valence-electron chi connectivity index (χ4n) is 1.79. The number of piperidine rings is 1. The summed E-state index contributed by atoms with van der Waals surface area (Å²) in [4.78, 5) is -3.95. The zero-order valence-corrected chi connectivity index (χ0v) is 11.4. The molecular formula is C9F17N. The monoisotopic (exact) mass is 445 g/mol. The van der Waals surface area contributed by atoms with E-state index >= 15 is 0 Å². The number of hydrogen-bond acceptors (Lipinski definition) is 1. The van der Waals surface area contributed by atoms with E-state index in [1.54, 1.807) is 0 Å². The Kier molecular flexibility index (Phi) is 4.72. The fourth-order valence-corrected chi connectivity index (χ4v) is 1.79. The molecule has 0 unspecified atom stereocenters. The topological polar surface area (TPSA) is 3.24 Å². The van der Waals surface area contributed by atoms with Gasteiger partial charge < -0.3 is 0 Å². The molecule has 0 spiro atoms. The summed E-state index contributed by atoms with van der Waals surface area (Å²) < 4.78 is 217. The van der Waals surface area contributed by atoms with Crippen LogP contribution in [0.4, 0.5) is 74.6 Å². The summed E-state index contributed by atoms with van der Waals surface area (Å²) in [7, 11) is 0. The van der Waals surface area contributed by atoms with Gasteiger partial charge in [0.05, 0.1) is 0 Å². The highest BCUT2D eigenvalue weighted by atomic mass is 19.4.